The fourth-order valence-electron chi connectivity index (χ4n) is 3.49. The summed E-state index contributed by atoms with van der Waals surface area (Å²) in [5.41, 5.74) is 2.43. The molecule has 1 aromatic heterocycles. The van der Waals surface area contributed by atoms with Gasteiger partial charge in [-0.05, 0) is 36.6 Å². The van der Waals surface area contributed by atoms with Crippen LogP contribution in [-0.2, 0) is 13.6 Å². The number of ether oxygens (including phenoxy) is 2. The van der Waals surface area contributed by atoms with Gasteiger partial charge in [0.05, 0.1) is 19.9 Å². The summed E-state index contributed by atoms with van der Waals surface area (Å²) in [6, 6.07) is 6.01. The highest BCUT2D eigenvalue weighted by atomic mass is 16.5. The molecule has 1 aliphatic rings. The maximum atomic E-state index is 5.67. The van der Waals surface area contributed by atoms with E-state index in [9.17, 15) is 0 Å². The molecule has 0 radical (unpaired) electrons. The highest BCUT2D eigenvalue weighted by Crippen LogP contribution is 2.29. The molecule has 7 nitrogen and oxygen atoms in total. The van der Waals surface area contributed by atoms with Crippen molar-refractivity contribution in [2.45, 2.75) is 25.8 Å². The number of hydrogen-bond acceptors (Lipinski definition) is 4. The molecule has 2 heterocycles. The van der Waals surface area contributed by atoms with Crippen molar-refractivity contribution < 1.29 is 9.47 Å². The lowest BCUT2D eigenvalue weighted by Crippen LogP contribution is -2.39. The zero-order valence-corrected chi connectivity index (χ0v) is 16.6. The first-order valence-electron chi connectivity index (χ1n) is 9.38. The van der Waals surface area contributed by atoms with Crippen LogP contribution in [0.15, 0.2) is 35.6 Å². The van der Waals surface area contributed by atoms with Crippen molar-refractivity contribution in [3.8, 4) is 11.5 Å². The fourth-order valence-corrected chi connectivity index (χ4v) is 3.49. The highest BCUT2D eigenvalue weighted by Gasteiger charge is 2.26. The highest BCUT2D eigenvalue weighted by molar-refractivity contribution is 5.80. The number of likely N-dealkylation sites (tertiary alicyclic amines) is 1. The summed E-state index contributed by atoms with van der Waals surface area (Å²) in [7, 11) is 5.45. The predicted octanol–water partition coefficient (Wildman–Crippen LogP) is 2.39. The van der Waals surface area contributed by atoms with Crippen molar-refractivity contribution in [2.75, 3.05) is 33.9 Å². The summed E-state index contributed by atoms with van der Waals surface area (Å²) in [6.45, 7) is 5.21. The molecule has 0 amide bonds. The van der Waals surface area contributed by atoms with E-state index in [-0.39, 0.29) is 0 Å². The van der Waals surface area contributed by atoms with Crippen molar-refractivity contribution in [1.82, 2.24) is 20.0 Å². The van der Waals surface area contributed by atoms with E-state index in [1.807, 2.05) is 50.1 Å². The van der Waals surface area contributed by atoms with Crippen LogP contribution in [0.25, 0.3) is 0 Å². The Bertz CT molecular complexity index is 786. The van der Waals surface area contributed by atoms with Crippen molar-refractivity contribution in [2.24, 2.45) is 12.0 Å². The van der Waals surface area contributed by atoms with Crippen LogP contribution < -0.4 is 14.8 Å². The molecule has 0 saturated carbocycles. The van der Waals surface area contributed by atoms with Crippen LogP contribution in [0.3, 0.4) is 0 Å². The minimum Gasteiger partial charge on any atom is -0.493 e. The summed E-state index contributed by atoms with van der Waals surface area (Å²) >= 11 is 0. The molecule has 3 rings (SSSR count). The molecule has 1 aliphatic heterocycles. The van der Waals surface area contributed by atoms with E-state index in [0.717, 1.165) is 42.5 Å². The van der Waals surface area contributed by atoms with Gasteiger partial charge in [-0.25, -0.2) is 0 Å². The Morgan fingerprint density at radius 1 is 1.37 bits per heavy atom. The maximum absolute atomic E-state index is 5.67. The molecule has 1 aromatic carbocycles. The molecule has 0 spiro atoms. The van der Waals surface area contributed by atoms with Gasteiger partial charge in [0.15, 0.2) is 17.5 Å². The Kier molecular flexibility index (Phi) is 6.21. The summed E-state index contributed by atoms with van der Waals surface area (Å²) in [5.74, 6) is 2.95. The van der Waals surface area contributed by atoms with Crippen LogP contribution >= 0.6 is 0 Å². The molecule has 0 aliphatic carbocycles. The van der Waals surface area contributed by atoms with Crippen LogP contribution in [0.5, 0.6) is 11.5 Å². The molecule has 1 fully saturated rings. The first kappa shape index (κ1) is 19.1. The van der Waals surface area contributed by atoms with E-state index >= 15 is 0 Å². The summed E-state index contributed by atoms with van der Waals surface area (Å²) in [5, 5.41) is 7.77. The molecule has 1 unspecified atom stereocenters. The molecule has 0 bridgehead atoms. The lowest BCUT2D eigenvalue weighted by molar-refractivity contribution is 0.310. The number of aliphatic imine (C=N–C) groups is 1. The lowest BCUT2D eigenvalue weighted by atomic mass is 10.0. The number of hydrogen-bond donors (Lipinski definition) is 1. The molecule has 1 saturated heterocycles. The number of guanidine groups is 1. The third-order valence-electron chi connectivity index (χ3n) is 4.87. The smallest absolute Gasteiger partial charge is 0.193 e. The van der Waals surface area contributed by atoms with E-state index in [2.05, 4.69) is 26.5 Å². The van der Waals surface area contributed by atoms with E-state index in [1.165, 1.54) is 5.56 Å². The minimum atomic E-state index is 0.503. The zero-order chi connectivity index (χ0) is 19.2. The monoisotopic (exact) mass is 371 g/mol. The van der Waals surface area contributed by atoms with Crippen molar-refractivity contribution in [3.05, 3.63) is 41.7 Å². The van der Waals surface area contributed by atoms with Crippen LogP contribution in [0, 0.1) is 0 Å². The first-order valence-corrected chi connectivity index (χ1v) is 9.38. The Morgan fingerprint density at radius 3 is 2.89 bits per heavy atom. The molecule has 2 aromatic rings. The molecule has 1 N–H and O–H groups in total. The largest absolute Gasteiger partial charge is 0.493 e. The fraction of sp³-hybridized carbons (Fsp3) is 0.500. The molecule has 7 heteroatoms. The Morgan fingerprint density at radius 2 is 2.22 bits per heavy atom. The van der Waals surface area contributed by atoms with E-state index in [4.69, 9.17) is 9.47 Å². The number of nitrogens with zero attached hydrogens (tertiary/aromatic N) is 4. The van der Waals surface area contributed by atoms with Crippen molar-refractivity contribution in [3.63, 3.8) is 0 Å². The quantitative estimate of drug-likeness (QED) is 0.624. The number of aromatic nitrogens is 2. The molecule has 27 heavy (non-hydrogen) atoms. The molecule has 1 atom stereocenters. The Labute approximate surface area is 161 Å². The zero-order valence-electron chi connectivity index (χ0n) is 16.6. The Hall–Kier alpha value is -2.70. The number of benzene rings is 1. The van der Waals surface area contributed by atoms with Crippen LogP contribution in [0.1, 0.15) is 30.4 Å². The van der Waals surface area contributed by atoms with Gasteiger partial charge in [0.25, 0.3) is 0 Å². The SMILES string of the molecule is CCOc1cc(CNC(=NC)N2CCC(c3cnn(C)c3)C2)ccc1OC. The van der Waals surface area contributed by atoms with Gasteiger partial charge in [0.2, 0.25) is 0 Å². The van der Waals surface area contributed by atoms with Gasteiger partial charge >= 0.3 is 0 Å². The third-order valence-corrected chi connectivity index (χ3v) is 4.87. The number of rotatable bonds is 6. The summed E-state index contributed by atoms with van der Waals surface area (Å²) < 4.78 is 12.9. The van der Waals surface area contributed by atoms with Crippen LogP contribution in [0.4, 0.5) is 0 Å². The average Bonchev–Trinajstić information content (AvgIpc) is 3.32. The maximum Gasteiger partial charge on any atom is 0.193 e. The van der Waals surface area contributed by atoms with Gasteiger partial charge in [-0.15, -0.1) is 0 Å². The van der Waals surface area contributed by atoms with Gasteiger partial charge in [0.1, 0.15) is 0 Å². The van der Waals surface area contributed by atoms with Crippen LogP contribution in [-0.4, -0.2) is 54.5 Å². The number of aryl methyl sites for hydroxylation is 1. The Balaban J connectivity index is 1.60. The van der Waals surface area contributed by atoms with Gasteiger partial charge < -0.3 is 19.7 Å². The second-order valence-electron chi connectivity index (χ2n) is 6.70. The lowest BCUT2D eigenvalue weighted by Gasteiger charge is -2.22. The normalized spacial score (nSPS) is 17.3. The van der Waals surface area contributed by atoms with Crippen LogP contribution in [0.2, 0.25) is 0 Å². The third kappa shape index (κ3) is 4.53. The second-order valence-corrected chi connectivity index (χ2v) is 6.70. The van der Waals surface area contributed by atoms with Crippen molar-refractivity contribution >= 4 is 5.96 Å². The molecular formula is C20H29N5O2. The van der Waals surface area contributed by atoms with Gasteiger partial charge in [-0.3, -0.25) is 9.67 Å². The molecule has 146 valence electrons. The second kappa shape index (κ2) is 8.79. The summed E-state index contributed by atoms with van der Waals surface area (Å²) in [4.78, 5) is 6.78. The predicted molar refractivity (Wildman–Crippen MR) is 107 cm³/mol. The topological polar surface area (TPSA) is 63.9 Å². The van der Waals surface area contributed by atoms with E-state index < -0.39 is 0 Å². The molecular weight excluding hydrogens is 342 g/mol. The summed E-state index contributed by atoms with van der Waals surface area (Å²) in [6.07, 6.45) is 5.19. The number of methoxy groups -OCH3 is 1. The standard InChI is InChI=1S/C20H29N5O2/c1-5-27-19-10-15(6-7-18(19)26-4)11-22-20(21-2)25-9-8-16(14-25)17-12-23-24(3)13-17/h6-7,10,12-13,16H,5,8-9,11,14H2,1-4H3,(H,21,22). The minimum absolute atomic E-state index is 0.503. The average molecular weight is 371 g/mol. The van der Waals surface area contributed by atoms with E-state index in [0.29, 0.717) is 19.1 Å². The van der Waals surface area contributed by atoms with Gasteiger partial charge in [-0.2, -0.15) is 5.10 Å². The van der Waals surface area contributed by atoms with Crippen molar-refractivity contribution in [1.29, 1.82) is 0 Å². The van der Waals surface area contributed by atoms with Gasteiger partial charge in [-0.1, -0.05) is 6.07 Å². The first-order chi connectivity index (χ1) is 13.1. The number of nitrogens with one attached hydrogen (secondary N) is 1. The van der Waals surface area contributed by atoms with E-state index in [1.54, 1.807) is 7.11 Å². The van der Waals surface area contributed by atoms with Gasteiger partial charge in [0, 0.05) is 45.8 Å².